The van der Waals surface area contributed by atoms with Gasteiger partial charge in [-0.25, -0.2) is 0 Å². The molecular formula is C11H10ClN3O8S2. The maximum absolute atomic E-state index is 11.1. The molecule has 14 heteroatoms. The first-order valence-corrected chi connectivity index (χ1v) is 8.36. The molecule has 1 aromatic heterocycles. The third-order valence-electron chi connectivity index (χ3n) is 2.33. The molecule has 1 aromatic rings. The summed E-state index contributed by atoms with van der Waals surface area (Å²) in [5, 5.41) is 31.8. The van der Waals surface area contributed by atoms with Crippen LogP contribution in [0.4, 0.5) is 0 Å². The summed E-state index contributed by atoms with van der Waals surface area (Å²) in [6, 6.07) is 0. The summed E-state index contributed by atoms with van der Waals surface area (Å²) in [4.78, 5) is 54.6. The van der Waals surface area contributed by atoms with Gasteiger partial charge in [0.05, 0.1) is 12.8 Å². The van der Waals surface area contributed by atoms with Crippen molar-refractivity contribution >= 4 is 59.0 Å². The molecule has 2 atom stereocenters. The molecule has 0 radical (unpaired) electrons. The van der Waals surface area contributed by atoms with E-state index in [9.17, 15) is 19.2 Å². The van der Waals surface area contributed by atoms with Crippen LogP contribution < -0.4 is 0 Å². The normalized spacial score (nSPS) is 13.0. The molecule has 0 amide bonds. The van der Waals surface area contributed by atoms with Crippen LogP contribution >= 0.6 is 35.1 Å². The summed E-state index contributed by atoms with van der Waals surface area (Å²) < 4.78 is 0. The number of aromatic nitrogens is 3. The van der Waals surface area contributed by atoms with E-state index in [2.05, 4.69) is 15.0 Å². The van der Waals surface area contributed by atoms with E-state index in [1.165, 1.54) is 0 Å². The maximum Gasteiger partial charge on any atom is 0.317 e. The van der Waals surface area contributed by atoms with Gasteiger partial charge in [-0.2, -0.15) is 15.0 Å². The van der Waals surface area contributed by atoms with Crippen molar-refractivity contribution in [3.05, 3.63) is 5.28 Å². The zero-order valence-electron chi connectivity index (χ0n) is 12.0. The Kier molecular flexibility index (Phi) is 7.86. The number of thioether (sulfide) groups is 2. The minimum atomic E-state index is -1.41. The van der Waals surface area contributed by atoms with Crippen molar-refractivity contribution in [2.45, 2.75) is 33.7 Å². The van der Waals surface area contributed by atoms with Gasteiger partial charge in [-0.1, -0.05) is 23.5 Å². The minimum Gasteiger partial charge on any atom is -0.481 e. The Hall–Kier alpha value is -2.12. The second-order valence-electron chi connectivity index (χ2n) is 4.25. The molecule has 2 unspecified atom stereocenters. The summed E-state index contributed by atoms with van der Waals surface area (Å²) in [5.74, 6) is -5.51. The van der Waals surface area contributed by atoms with Crippen LogP contribution in [0, 0.1) is 0 Å². The van der Waals surface area contributed by atoms with Gasteiger partial charge in [0.1, 0.15) is 10.5 Å². The van der Waals surface area contributed by atoms with Gasteiger partial charge >= 0.3 is 23.9 Å². The number of carboxylic acid groups (broad SMARTS) is 4. The van der Waals surface area contributed by atoms with E-state index in [0.717, 1.165) is 0 Å². The lowest BCUT2D eigenvalue weighted by Crippen LogP contribution is -2.21. The molecule has 0 saturated heterocycles. The Labute approximate surface area is 152 Å². The van der Waals surface area contributed by atoms with E-state index < -0.39 is 47.2 Å². The van der Waals surface area contributed by atoms with E-state index in [1.807, 2.05) is 0 Å². The van der Waals surface area contributed by atoms with Gasteiger partial charge in [-0.3, -0.25) is 19.2 Å². The predicted octanol–water partition coefficient (Wildman–Crippen LogP) is 0.565. The Balaban J connectivity index is 3.01. The summed E-state index contributed by atoms with van der Waals surface area (Å²) in [7, 11) is 0. The average molecular weight is 412 g/mol. The maximum atomic E-state index is 11.1. The molecule has 136 valence electrons. The number of aliphatic carboxylic acids is 4. The largest absolute Gasteiger partial charge is 0.481 e. The summed E-state index contributed by atoms with van der Waals surface area (Å²) >= 11 is 6.67. The molecule has 0 aromatic carbocycles. The van der Waals surface area contributed by atoms with Crippen LogP contribution in [0.2, 0.25) is 5.28 Å². The van der Waals surface area contributed by atoms with Crippen molar-refractivity contribution in [3.8, 4) is 0 Å². The summed E-state index contributed by atoms with van der Waals surface area (Å²) in [5.41, 5.74) is 0. The average Bonchev–Trinajstić information content (AvgIpc) is 2.44. The van der Waals surface area contributed by atoms with Crippen molar-refractivity contribution in [3.63, 3.8) is 0 Å². The lowest BCUT2D eigenvalue weighted by molar-refractivity contribution is -0.142. The molecule has 0 saturated carbocycles. The van der Waals surface area contributed by atoms with Crippen LogP contribution in [0.25, 0.3) is 0 Å². The third kappa shape index (κ3) is 7.53. The molecule has 25 heavy (non-hydrogen) atoms. The van der Waals surface area contributed by atoms with Crippen LogP contribution in [0.5, 0.6) is 0 Å². The summed E-state index contributed by atoms with van der Waals surface area (Å²) in [6.45, 7) is 0. The summed E-state index contributed by atoms with van der Waals surface area (Å²) in [6.07, 6.45) is -1.41. The monoisotopic (exact) mass is 411 g/mol. The first-order valence-electron chi connectivity index (χ1n) is 6.22. The zero-order chi connectivity index (χ0) is 19.1. The van der Waals surface area contributed by atoms with Crippen molar-refractivity contribution in [1.29, 1.82) is 0 Å². The number of carbonyl (C=O) groups is 4. The molecule has 11 nitrogen and oxygen atoms in total. The van der Waals surface area contributed by atoms with E-state index in [0.29, 0.717) is 23.5 Å². The fraction of sp³-hybridized carbons (Fsp3) is 0.364. The van der Waals surface area contributed by atoms with Gasteiger partial charge in [0.25, 0.3) is 0 Å². The highest BCUT2D eigenvalue weighted by Crippen LogP contribution is 2.28. The van der Waals surface area contributed by atoms with Gasteiger partial charge in [0, 0.05) is 0 Å². The Bertz CT molecular complexity index is 650. The molecule has 0 fully saturated rings. The van der Waals surface area contributed by atoms with Gasteiger partial charge in [0.15, 0.2) is 10.3 Å². The smallest absolute Gasteiger partial charge is 0.317 e. The lowest BCUT2D eigenvalue weighted by atomic mass is 10.3. The van der Waals surface area contributed by atoms with Crippen LogP contribution in [-0.4, -0.2) is 69.8 Å². The number of nitrogens with zero attached hydrogens (tertiary/aromatic N) is 3. The molecule has 0 spiro atoms. The third-order valence-corrected chi connectivity index (χ3v) is 4.59. The molecule has 1 heterocycles. The van der Waals surface area contributed by atoms with Gasteiger partial charge < -0.3 is 20.4 Å². The number of hydrogen-bond acceptors (Lipinski definition) is 9. The SMILES string of the molecule is O=C(O)CC(Sc1nc(Cl)nc(SC(CC(=O)O)C(=O)O)n1)C(=O)O. The first-order chi connectivity index (χ1) is 11.6. The Morgan fingerprint density at radius 3 is 1.44 bits per heavy atom. The molecule has 0 bridgehead atoms. The quantitative estimate of drug-likeness (QED) is 0.391. The number of carboxylic acids is 4. The molecular weight excluding hydrogens is 402 g/mol. The second kappa shape index (κ2) is 9.39. The van der Waals surface area contributed by atoms with E-state index in [-0.39, 0.29) is 15.6 Å². The topological polar surface area (TPSA) is 188 Å². The molecule has 0 aliphatic carbocycles. The van der Waals surface area contributed by atoms with Crippen LogP contribution in [0.1, 0.15) is 12.8 Å². The van der Waals surface area contributed by atoms with Crippen LogP contribution in [0.15, 0.2) is 10.3 Å². The number of rotatable bonds is 10. The zero-order valence-corrected chi connectivity index (χ0v) is 14.4. The van der Waals surface area contributed by atoms with Crippen LogP contribution in [-0.2, 0) is 19.2 Å². The van der Waals surface area contributed by atoms with Gasteiger partial charge in [-0.05, 0) is 11.6 Å². The van der Waals surface area contributed by atoms with Gasteiger partial charge in [-0.15, -0.1) is 0 Å². The minimum absolute atomic E-state index is 0.226. The number of halogens is 1. The van der Waals surface area contributed by atoms with Crippen molar-refractivity contribution in [2.75, 3.05) is 0 Å². The Morgan fingerprint density at radius 1 is 0.800 bits per heavy atom. The highest BCUT2D eigenvalue weighted by Gasteiger charge is 2.27. The second-order valence-corrected chi connectivity index (χ2v) is 6.93. The molecule has 4 N–H and O–H groups in total. The van der Waals surface area contributed by atoms with Gasteiger partial charge in [0.2, 0.25) is 5.28 Å². The fourth-order valence-electron chi connectivity index (χ4n) is 1.35. The van der Waals surface area contributed by atoms with Crippen molar-refractivity contribution in [2.24, 2.45) is 0 Å². The molecule has 1 rings (SSSR count). The van der Waals surface area contributed by atoms with Crippen molar-refractivity contribution in [1.82, 2.24) is 15.0 Å². The van der Waals surface area contributed by atoms with E-state index >= 15 is 0 Å². The molecule has 0 aliphatic rings. The highest BCUT2D eigenvalue weighted by molar-refractivity contribution is 8.01. The first kappa shape index (κ1) is 20.9. The number of hydrogen-bond donors (Lipinski definition) is 4. The lowest BCUT2D eigenvalue weighted by Gasteiger charge is -2.11. The predicted molar refractivity (Wildman–Crippen MR) is 83.9 cm³/mol. The molecule has 0 aliphatic heterocycles. The highest BCUT2D eigenvalue weighted by atomic mass is 35.5. The fourth-order valence-corrected chi connectivity index (χ4v) is 3.39. The van der Waals surface area contributed by atoms with E-state index in [4.69, 9.17) is 32.0 Å². The van der Waals surface area contributed by atoms with Crippen LogP contribution in [0.3, 0.4) is 0 Å². The Morgan fingerprint density at radius 2 is 1.16 bits per heavy atom. The van der Waals surface area contributed by atoms with Crippen molar-refractivity contribution < 1.29 is 39.6 Å². The standard InChI is InChI=1S/C11H10ClN3O8S2/c12-9-13-10(24-3(7(20)21)1-5(16)17)15-11(14-9)25-4(8(22)23)2-6(18)19/h3-4H,1-2H2,(H,16,17)(H,18,19)(H,20,21)(H,22,23). The van der Waals surface area contributed by atoms with E-state index in [1.54, 1.807) is 0 Å².